The van der Waals surface area contributed by atoms with Crippen LogP contribution in [0.5, 0.6) is 0 Å². The summed E-state index contributed by atoms with van der Waals surface area (Å²) in [5, 5.41) is 2.67. The minimum atomic E-state index is -4.19. The van der Waals surface area contributed by atoms with Gasteiger partial charge in [0.2, 0.25) is 5.91 Å². The lowest BCUT2D eigenvalue weighted by atomic mass is 9.85. The zero-order valence-electron chi connectivity index (χ0n) is 10.7. The molecular weight excluding hydrogens is 289 g/mol. The number of alkyl halides is 3. The van der Waals surface area contributed by atoms with Crippen molar-refractivity contribution >= 4 is 29.3 Å². The van der Waals surface area contributed by atoms with Gasteiger partial charge in [-0.3, -0.25) is 4.79 Å². The van der Waals surface area contributed by atoms with Crippen LogP contribution in [0.4, 0.5) is 13.2 Å². The van der Waals surface area contributed by atoms with Gasteiger partial charge in [-0.25, -0.2) is 4.99 Å². The summed E-state index contributed by atoms with van der Waals surface area (Å²) in [6.07, 6.45) is 1.65. The molecule has 3 atom stereocenters. The van der Waals surface area contributed by atoms with Gasteiger partial charge in [-0.1, -0.05) is 24.7 Å². The van der Waals surface area contributed by atoms with Gasteiger partial charge in [-0.15, -0.1) is 0 Å². The highest BCUT2D eigenvalue weighted by Gasteiger charge is 2.42. The number of carbonyl (C=O) groups excluding carboxylic acids is 1. The Morgan fingerprint density at radius 3 is 2.80 bits per heavy atom. The lowest BCUT2D eigenvalue weighted by molar-refractivity contribution is -0.184. The molecule has 20 heavy (non-hydrogen) atoms. The van der Waals surface area contributed by atoms with Gasteiger partial charge in [0.15, 0.2) is 0 Å². The van der Waals surface area contributed by atoms with Gasteiger partial charge in [0, 0.05) is 12.3 Å². The first-order valence-corrected chi connectivity index (χ1v) is 6.90. The number of hydrogen-bond donors (Lipinski definition) is 1. The van der Waals surface area contributed by atoms with E-state index in [-0.39, 0.29) is 23.7 Å². The van der Waals surface area contributed by atoms with Crippen molar-refractivity contribution in [3.63, 3.8) is 0 Å². The van der Waals surface area contributed by atoms with E-state index in [0.29, 0.717) is 12.8 Å². The van der Waals surface area contributed by atoms with Crippen molar-refractivity contribution in [3.8, 4) is 0 Å². The molecule has 1 saturated carbocycles. The molecule has 0 aromatic heterocycles. The molecular formula is C13H15F3N2OS. The molecule has 2 rings (SSSR count). The van der Waals surface area contributed by atoms with E-state index in [1.54, 1.807) is 12.2 Å². The van der Waals surface area contributed by atoms with Crippen LogP contribution in [0, 0.1) is 11.8 Å². The molecule has 7 heteroatoms. The normalized spacial score (nSPS) is 30.4. The molecule has 0 aromatic rings. The number of nitrogens with zero attached hydrogens (tertiary/aromatic N) is 1. The van der Waals surface area contributed by atoms with Crippen LogP contribution in [0.15, 0.2) is 17.1 Å². The third-order valence-corrected chi connectivity index (χ3v) is 3.98. The average Bonchev–Trinajstić information content (AvgIpc) is 2.38. The van der Waals surface area contributed by atoms with E-state index < -0.39 is 24.1 Å². The van der Waals surface area contributed by atoms with E-state index in [0.717, 1.165) is 0 Å². The van der Waals surface area contributed by atoms with Crippen LogP contribution in [0.2, 0.25) is 0 Å². The molecule has 0 saturated heterocycles. The molecule has 1 N–H and O–H groups in total. The SMILES string of the molecule is O=C(NC1CCCC(C(F)(F)F)C1)C1C=CC=NC1=S. The minimum Gasteiger partial charge on any atom is -0.352 e. The molecule has 1 fully saturated rings. The standard InChI is InChI=1S/C13H15F3N2OS/c14-13(15,16)8-3-1-4-9(7-8)18-11(19)10-5-2-6-17-12(10)20/h2,5-6,8-10H,1,3-4,7H2,(H,18,19). The van der Waals surface area contributed by atoms with Gasteiger partial charge in [0.05, 0.1) is 5.92 Å². The molecule has 1 heterocycles. The number of hydrogen-bond acceptors (Lipinski definition) is 2. The quantitative estimate of drug-likeness (QED) is 0.797. The first-order chi connectivity index (χ1) is 9.38. The number of dihydropyridines is 1. The zero-order chi connectivity index (χ0) is 14.8. The van der Waals surface area contributed by atoms with Gasteiger partial charge in [-0.05, 0) is 25.3 Å². The summed E-state index contributed by atoms with van der Waals surface area (Å²) in [6.45, 7) is 0. The lowest BCUT2D eigenvalue weighted by Gasteiger charge is -2.31. The number of nitrogens with one attached hydrogen (secondary N) is 1. The second kappa shape index (κ2) is 6.03. The Bertz CT molecular complexity index is 459. The first kappa shape index (κ1) is 15.2. The summed E-state index contributed by atoms with van der Waals surface area (Å²) >= 11 is 4.96. The van der Waals surface area contributed by atoms with Crippen molar-refractivity contribution in [2.45, 2.75) is 37.9 Å². The summed E-state index contributed by atoms with van der Waals surface area (Å²) in [7, 11) is 0. The fourth-order valence-corrected chi connectivity index (χ4v) is 2.80. The van der Waals surface area contributed by atoms with Gasteiger partial charge in [0.25, 0.3) is 0 Å². The first-order valence-electron chi connectivity index (χ1n) is 6.49. The summed E-state index contributed by atoms with van der Waals surface area (Å²) in [4.78, 5) is 16.1. The number of aliphatic imine (C=N–C) groups is 1. The Morgan fingerprint density at radius 1 is 1.40 bits per heavy atom. The monoisotopic (exact) mass is 304 g/mol. The number of halogens is 3. The Kier molecular flexibility index (Phi) is 4.57. The Balaban J connectivity index is 1.93. The smallest absolute Gasteiger partial charge is 0.352 e. The van der Waals surface area contributed by atoms with E-state index in [1.807, 2.05) is 0 Å². The number of rotatable bonds is 2. The van der Waals surface area contributed by atoms with E-state index >= 15 is 0 Å². The van der Waals surface area contributed by atoms with Crippen LogP contribution in [0.25, 0.3) is 0 Å². The number of thiocarbonyl (C=S) groups is 1. The molecule has 1 aliphatic carbocycles. The minimum absolute atomic E-state index is 0.0539. The van der Waals surface area contributed by atoms with E-state index in [2.05, 4.69) is 10.3 Å². The van der Waals surface area contributed by atoms with Crippen molar-refractivity contribution in [3.05, 3.63) is 12.2 Å². The topological polar surface area (TPSA) is 41.5 Å². The highest BCUT2D eigenvalue weighted by molar-refractivity contribution is 7.80. The number of carbonyl (C=O) groups is 1. The summed E-state index contributed by atoms with van der Waals surface area (Å²) < 4.78 is 38.1. The fourth-order valence-electron chi connectivity index (χ4n) is 2.55. The summed E-state index contributed by atoms with van der Waals surface area (Å²) in [5.74, 6) is -2.34. The van der Waals surface area contributed by atoms with Crippen LogP contribution in [-0.4, -0.2) is 29.3 Å². The van der Waals surface area contributed by atoms with Gasteiger partial charge >= 0.3 is 6.18 Å². The molecule has 110 valence electrons. The van der Waals surface area contributed by atoms with Crippen molar-refractivity contribution < 1.29 is 18.0 Å². The highest BCUT2D eigenvalue weighted by atomic mass is 32.1. The van der Waals surface area contributed by atoms with Crippen LogP contribution in [-0.2, 0) is 4.79 Å². The molecule has 0 aromatic carbocycles. The Labute approximate surface area is 120 Å². The molecule has 1 aliphatic heterocycles. The Hall–Kier alpha value is -1.24. The third-order valence-electron chi connectivity index (χ3n) is 3.62. The van der Waals surface area contributed by atoms with E-state index in [1.165, 1.54) is 6.21 Å². The second-order valence-electron chi connectivity index (χ2n) is 5.09. The second-order valence-corrected chi connectivity index (χ2v) is 5.51. The summed E-state index contributed by atoms with van der Waals surface area (Å²) in [5.41, 5.74) is 0. The van der Waals surface area contributed by atoms with Gasteiger partial charge in [-0.2, -0.15) is 13.2 Å². The molecule has 2 aliphatic rings. The predicted octanol–water partition coefficient (Wildman–Crippen LogP) is 2.81. The molecule has 1 amide bonds. The fraction of sp³-hybridized carbons (Fsp3) is 0.615. The van der Waals surface area contributed by atoms with Gasteiger partial charge < -0.3 is 5.32 Å². The molecule has 0 radical (unpaired) electrons. The maximum absolute atomic E-state index is 12.7. The van der Waals surface area contributed by atoms with Gasteiger partial charge in [0.1, 0.15) is 10.9 Å². The number of amides is 1. The lowest BCUT2D eigenvalue weighted by Crippen LogP contribution is -2.44. The maximum Gasteiger partial charge on any atom is 0.391 e. The molecule has 3 unspecified atom stereocenters. The Morgan fingerprint density at radius 2 is 2.15 bits per heavy atom. The highest BCUT2D eigenvalue weighted by Crippen LogP contribution is 2.37. The van der Waals surface area contributed by atoms with E-state index in [9.17, 15) is 18.0 Å². The van der Waals surface area contributed by atoms with Crippen LogP contribution in [0.3, 0.4) is 0 Å². The largest absolute Gasteiger partial charge is 0.391 e. The van der Waals surface area contributed by atoms with Crippen molar-refractivity contribution in [1.82, 2.24) is 5.32 Å². The van der Waals surface area contributed by atoms with Crippen LogP contribution >= 0.6 is 12.2 Å². The van der Waals surface area contributed by atoms with Crippen molar-refractivity contribution in [1.29, 1.82) is 0 Å². The van der Waals surface area contributed by atoms with Crippen molar-refractivity contribution in [2.75, 3.05) is 0 Å². The average molecular weight is 304 g/mol. The molecule has 0 spiro atoms. The molecule has 3 nitrogen and oxygen atoms in total. The van der Waals surface area contributed by atoms with Crippen LogP contribution in [0.1, 0.15) is 25.7 Å². The summed E-state index contributed by atoms with van der Waals surface area (Å²) in [6, 6.07) is -0.440. The number of allylic oxidation sites excluding steroid dienone is 1. The maximum atomic E-state index is 12.7. The zero-order valence-corrected chi connectivity index (χ0v) is 11.5. The van der Waals surface area contributed by atoms with E-state index in [4.69, 9.17) is 12.2 Å². The van der Waals surface area contributed by atoms with Crippen molar-refractivity contribution in [2.24, 2.45) is 16.8 Å². The predicted molar refractivity (Wildman–Crippen MR) is 73.7 cm³/mol. The van der Waals surface area contributed by atoms with Crippen LogP contribution < -0.4 is 5.32 Å². The molecule has 0 bridgehead atoms. The third kappa shape index (κ3) is 3.65.